The summed E-state index contributed by atoms with van der Waals surface area (Å²) in [5.74, 6) is -2.11. The summed E-state index contributed by atoms with van der Waals surface area (Å²) < 4.78 is 39.6. The number of hydrogen-bond donors (Lipinski definition) is 2. The monoisotopic (exact) mass is 365 g/mol. The third kappa shape index (κ3) is 4.09. The van der Waals surface area contributed by atoms with Gasteiger partial charge < -0.3 is 10.2 Å². The van der Waals surface area contributed by atoms with Crippen LogP contribution in [-0.2, 0) is 13.0 Å². The lowest BCUT2D eigenvalue weighted by atomic mass is 9.73. The maximum atomic E-state index is 13.4. The number of halogens is 3. The van der Waals surface area contributed by atoms with Gasteiger partial charge in [0, 0.05) is 25.0 Å². The van der Waals surface area contributed by atoms with Gasteiger partial charge in [0.15, 0.2) is 11.6 Å². The Morgan fingerprint density at radius 2 is 1.69 bits per heavy atom. The van der Waals surface area contributed by atoms with Crippen molar-refractivity contribution in [1.29, 1.82) is 0 Å². The van der Waals surface area contributed by atoms with Crippen molar-refractivity contribution in [1.82, 2.24) is 4.90 Å². The summed E-state index contributed by atoms with van der Waals surface area (Å²) >= 11 is 0. The molecule has 3 rings (SSSR count). The highest BCUT2D eigenvalue weighted by Gasteiger charge is 2.42. The fourth-order valence-corrected chi connectivity index (χ4v) is 3.67. The zero-order valence-corrected chi connectivity index (χ0v) is 14.3. The van der Waals surface area contributed by atoms with Gasteiger partial charge in [0.1, 0.15) is 5.82 Å². The molecule has 0 unspecified atom stereocenters. The van der Waals surface area contributed by atoms with Gasteiger partial charge >= 0.3 is 0 Å². The molecule has 1 aliphatic rings. The van der Waals surface area contributed by atoms with Crippen LogP contribution in [0.2, 0.25) is 0 Å². The van der Waals surface area contributed by atoms with E-state index in [1.54, 1.807) is 12.1 Å². The molecule has 0 aliphatic carbocycles. The summed E-state index contributed by atoms with van der Waals surface area (Å²) in [4.78, 5) is 2.01. The summed E-state index contributed by atoms with van der Waals surface area (Å²) in [6, 6.07) is 9.80. The Balaban J connectivity index is 1.76. The van der Waals surface area contributed by atoms with E-state index in [4.69, 9.17) is 0 Å². The van der Waals surface area contributed by atoms with E-state index in [0.29, 0.717) is 38.0 Å². The number of hydrogen-bond acceptors (Lipinski definition) is 3. The van der Waals surface area contributed by atoms with Gasteiger partial charge in [-0.25, -0.2) is 13.2 Å². The number of aliphatic hydroxyl groups excluding tert-OH is 2. The number of nitrogens with zero attached hydrogens (tertiary/aromatic N) is 1. The van der Waals surface area contributed by atoms with Crippen molar-refractivity contribution in [2.75, 3.05) is 19.7 Å². The molecular formula is C20H22F3NO2. The molecule has 0 bridgehead atoms. The Morgan fingerprint density at radius 3 is 2.35 bits per heavy atom. The van der Waals surface area contributed by atoms with E-state index in [-0.39, 0.29) is 12.4 Å². The fraction of sp³-hybridized carbons (Fsp3) is 0.400. The predicted octanol–water partition coefficient (Wildman–Crippen LogP) is 2.89. The quantitative estimate of drug-likeness (QED) is 0.856. The first kappa shape index (κ1) is 18.9. The van der Waals surface area contributed by atoms with Crippen LogP contribution in [0, 0.1) is 22.9 Å². The van der Waals surface area contributed by atoms with Gasteiger partial charge in [0.2, 0.25) is 0 Å². The minimum atomic E-state index is -0.890. The molecule has 2 N–H and O–H groups in total. The molecule has 2 atom stereocenters. The topological polar surface area (TPSA) is 43.7 Å². The van der Waals surface area contributed by atoms with E-state index in [0.717, 1.165) is 11.6 Å². The van der Waals surface area contributed by atoms with Crippen LogP contribution < -0.4 is 0 Å². The van der Waals surface area contributed by atoms with Crippen molar-refractivity contribution in [2.24, 2.45) is 5.41 Å². The van der Waals surface area contributed by atoms with E-state index in [1.807, 2.05) is 4.90 Å². The average molecular weight is 365 g/mol. The average Bonchev–Trinajstić information content (AvgIpc) is 2.63. The first-order chi connectivity index (χ1) is 12.4. The minimum Gasteiger partial charge on any atom is -0.396 e. The molecule has 0 radical (unpaired) electrons. The third-order valence-corrected chi connectivity index (χ3v) is 5.14. The molecule has 0 spiro atoms. The summed E-state index contributed by atoms with van der Waals surface area (Å²) in [5, 5.41) is 20.6. The molecule has 0 aromatic heterocycles. The van der Waals surface area contributed by atoms with Crippen LogP contribution in [0.3, 0.4) is 0 Å². The zero-order chi connectivity index (χ0) is 18.7. The van der Waals surface area contributed by atoms with Crippen LogP contribution in [0.1, 0.15) is 17.5 Å². The molecule has 2 aromatic rings. The first-order valence-electron chi connectivity index (χ1n) is 8.61. The van der Waals surface area contributed by atoms with Gasteiger partial charge in [0.25, 0.3) is 0 Å². The van der Waals surface area contributed by atoms with Gasteiger partial charge in [-0.15, -0.1) is 0 Å². The van der Waals surface area contributed by atoms with Crippen LogP contribution in [-0.4, -0.2) is 40.9 Å². The summed E-state index contributed by atoms with van der Waals surface area (Å²) in [7, 11) is 0. The van der Waals surface area contributed by atoms with E-state index in [9.17, 15) is 23.4 Å². The lowest BCUT2D eigenvalue weighted by Crippen LogP contribution is -2.54. The zero-order valence-electron chi connectivity index (χ0n) is 14.3. The van der Waals surface area contributed by atoms with Crippen LogP contribution in [0.15, 0.2) is 42.5 Å². The van der Waals surface area contributed by atoms with Crippen molar-refractivity contribution in [3.63, 3.8) is 0 Å². The molecule has 140 valence electrons. The van der Waals surface area contributed by atoms with Crippen LogP contribution >= 0.6 is 0 Å². The van der Waals surface area contributed by atoms with Gasteiger partial charge in [-0.3, -0.25) is 4.90 Å². The number of rotatable bonds is 5. The smallest absolute Gasteiger partial charge is 0.159 e. The maximum Gasteiger partial charge on any atom is 0.159 e. The minimum absolute atomic E-state index is 0.222. The lowest BCUT2D eigenvalue weighted by molar-refractivity contribution is -0.0768. The fourth-order valence-electron chi connectivity index (χ4n) is 3.67. The van der Waals surface area contributed by atoms with Crippen LogP contribution in [0.25, 0.3) is 0 Å². The van der Waals surface area contributed by atoms with Gasteiger partial charge in [-0.05, 0) is 48.2 Å². The summed E-state index contributed by atoms with van der Waals surface area (Å²) in [6.07, 6.45) is 0.170. The molecule has 26 heavy (non-hydrogen) atoms. The molecule has 3 nitrogen and oxygen atoms in total. The highest BCUT2D eigenvalue weighted by atomic mass is 19.2. The highest BCUT2D eigenvalue weighted by molar-refractivity contribution is 5.20. The summed E-state index contributed by atoms with van der Waals surface area (Å²) in [5.41, 5.74) is 0.678. The second kappa shape index (κ2) is 7.78. The van der Waals surface area contributed by atoms with Crippen molar-refractivity contribution < 1.29 is 23.4 Å². The second-order valence-corrected chi connectivity index (χ2v) is 7.09. The Morgan fingerprint density at radius 1 is 1.00 bits per heavy atom. The predicted molar refractivity (Wildman–Crippen MR) is 91.9 cm³/mol. The van der Waals surface area contributed by atoms with Gasteiger partial charge in [-0.2, -0.15) is 0 Å². The Labute approximate surface area is 150 Å². The maximum absolute atomic E-state index is 13.4. The first-order valence-corrected chi connectivity index (χ1v) is 8.61. The largest absolute Gasteiger partial charge is 0.396 e. The molecule has 6 heteroatoms. The number of aliphatic hydroxyl groups is 2. The van der Waals surface area contributed by atoms with Crippen molar-refractivity contribution in [2.45, 2.75) is 25.5 Å². The lowest BCUT2D eigenvalue weighted by Gasteiger charge is -2.45. The summed E-state index contributed by atoms with van der Waals surface area (Å²) in [6.45, 7) is 1.17. The van der Waals surface area contributed by atoms with Crippen molar-refractivity contribution in [3.8, 4) is 0 Å². The number of piperidine rings is 1. The SMILES string of the molecule is OC[C@]1(Cc2ccc(F)cc2)CN(Cc2ccc(F)c(F)c2)CC[C@@H]1O. The molecule has 1 heterocycles. The van der Waals surface area contributed by atoms with Crippen molar-refractivity contribution >= 4 is 0 Å². The Kier molecular flexibility index (Phi) is 5.65. The van der Waals surface area contributed by atoms with E-state index in [1.165, 1.54) is 24.3 Å². The van der Waals surface area contributed by atoms with Crippen LogP contribution in [0.4, 0.5) is 13.2 Å². The molecule has 2 aromatic carbocycles. The van der Waals surface area contributed by atoms with Crippen molar-refractivity contribution in [3.05, 3.63) is 71.0 Å². The van der Waals surface area contributed by atoms with E-state index >= 15 is 0 Å². The number of likely N-dealkylation sites (tertiary alicyclic amines) is 1. The molecule has 0 saturated carbocycles. The van der Waals surface area contributed by atoms with Gasteiger partial charge in [-0.1, -0.05) is 18.2 Å². The molecular weight excluding hydrogens is 343 g/mol. The van der Waals surface area contributed by atoms with E-state index < -0.39 is 23.2 Å². The molecule has 1 fully saturated rings. The Bertz CT molecular complexity index is 753. The highest BCUT2D eigenvalue weighted by Crippen LogP contribution is 2.34. The second-order valence-electron chi connectivity index (χ2n) is 7.09. The van der Waals surface area contributed by atoms with E-state index in [2.05, 4.69) is 0 Å². The van der Waals surface area contributed by atoms with Gasteiger partial charge in [0.05, 0.1) is 12.7 Å². The molecule has 0 amide bonds. The standard InChI is InChI=1S/C20H22F3NO2/c21-16-4-1-14(2-5-16)10-20(13-25)12-24(8-7-19(20)26)11-15-3-6-17(22)18(23)9-15/h1-6,9,19,25-26H,7-8,10-13H2/t19-,20-/m0/s1. The normalized spacial score (nSPS) is 24.0. The molecule has 1 aliphatic heterocycles. The third-order valence-electron chi connectivity index (χ3n) is 5.14. The molecule has 1 saturated heterocycles. The Hall–Kier alpha value is -1.89. The number of benzene rings is 2. The van der Waals surface area contributed by atoms with Crippen LogP contribution in [0.5, 0.6) is 0 Å².